The molecule has 8 heavy (non-hydrogen) atoms. The molecule has 0 aromatic heterocycles. The average Bonchev–Trinajstić information content (AvgIpc) is 1.61. The van der Waals surface area contributed by atoms with Crippen LogP contribution in [0.5, 0.6) is 0 Å². The second kappa shape index (κ2) is 3.95. The summed E-state index contributed by atoms with van der Waals surface area (Å²) in [6.07, 6.45) is -1.34. The first kappa shape index (κ1) is 8.01. The Morgan fingerprint density at radius 1 is 1.12 bits per heavy atom. The van der Waals surface area contributed by atoms with Crippen molar-refractivity contribution in [1.82, 2.24) is 0 Å². The topological polar surface area (TPSA) is 0 Å². The molecule has 0 N–H and O–H groups in total. The number of hydrogen-bond acceptors (Lipinski definition) is 0. The smallest absolute Gasteiger partial charge is 0.230 e. The third-order valence-corrected chi connectivity index (χ3v) is 0.707. The maximum absolute atomic E-state index is 11.6. The molecule has 0 aromatic rings. The zero-order valence-corrected chi connectivity index (χ0v) is 5.41. The fraction of sp³-hybridized carbons (Fsp3) is 0.500. The number of alkyl halides is 4. The van der Waals surface area contributed by atoms with E-state index < -0.39 is 11.5 Å². The molecule has 0 aliphatic heterocycles. The molecule has 0 aliphatic carbocycles. The van der Waals surface area contributed by atoms with Gasteiger partial charge in [-0.2, -0.15) is 0 Å². The molecule has 1 unspecified atom stereocenters. The lowest BCUT2D eigenvalue weighted by Gasteiger charge is -1.86. The number of halogens is 4. The number of allylic oxidation sites excluding steroid dienone is 2. The van der Waals surface area contributed by atoms with Crippen LogP contribution < -0.4 is 0 Å². The van der Waals surface area contributed by atoms with Gasteiger partial charge in [0.05, 0.1) is 0 Å². The van der Waals surface area contributed by atoms with Crippen molar-refractivity contribution < 1.29 is 13.2 Å². The van der Waals surface area contributed by atoms with Gasteiger partial charge in [0.2, 0.25) is 0 Å². The van der Waals surface area contributed by atoms with Gasteiger partial charge in [-0.05, 0) is 28.1 Å². The molecule has 4 heteroatoms. The molecule has 0 fully saturated rings. The van der Waals surface area contributed by atoms with Crippen molar-refractivity contribution >= 4 is 15.9 Å². The molecule has 0 nitrogen and oxygen atoms in total. The molecule has 0 aliphatic rings. The molecule has 0 spiro atoms. The fourth-order valence-electron chi connectivity index (χ4n) is 0.168. The Morgan fingerprint density at radius 2 is 1.62 bits per heavy atom. The second-order valence-corrected chi connectivity index (χ2v) is 1.93. The van der Waals surface area contributed by atoms with Gasteiger partial charge >= 0.3 is 0 Å². The van der Waals surface area contributed by atoms with Crippen molar-refractivity contribution in [3.05, 3.63) is 12.2 Å². The van der Waals surface area contributed by atoms with Gasteiger partial charge in [-0.3, -0.25) is 0 Å². The summed E-state index contributed by atoms with van der Waals surface area (Å²) < 4.78 is 33.8. The first-order valence-electron chi connectivity index (χ1n) is 1.87. The summed E-state index contributed by atoms with van der Waals surface area (Å²) >= 11 is 2.42. The minimum atomic E-state index is -2.56. The molecule has 0 rings (SSSR count). The van der Waals surface area contributed by atoms with Gasteiger partial charge in [0.1, 0.15) is 0 Å². The van der Waals surface area contributed by atoms with Gasteiger partial charge < -0.3 is 0 Å². The molecular weight excluding hydrogens is 185 g/mol. The zero-order chi connectivity index (χ0) is 6.57. The lowest BCUT2D eigenvalue weighted by Crippen LogP contribution is -1.84. The summed E-state index contributed by atoms with van der Waals surface area (Å²) in [5.41, 5.74) is 0. The average molecular weight is 189 g/mol. The van der Waals surface area contributed by atoms with Crippen LogP contribution in [0.1, 0.15) is 0 Å². The quantitative estimate of drug-likeness (QED) is 0.462. The number of rotatable bonds is 2. The zero-order valence-electron chi connectivity index (χ0n) is 3.82. The van der Waals surface area contributed by atoms with Gasteiger partial charge in [-0.15, -0.1) is 0 Å². The molecule has 0 saturated heterocycles. The first-order chi connectivity index (χ1) is 3.63. The van der Waals surface area contributed by atoms with Crippen LogP contribution in [0.25, 0.3) is 0 Å². The molecule has 0 heterocycles. The van der Waals surface area contributed by atoms with Gasteiger partial charge in [0.15, 0.2) is 5.08 Å². The van der Waals surface area contributed by atoms with Crippen molar-refractivity contribution in [2.75, 3.05) is 0 Å². The van der Waals surface area contributed by atoms with Crippen LogP contribution in [0.2, 0.25) is 0 Å². The van der Waals surface area contributed by atoms with Crippen LogP contribution in [0.4, 0.5) is 13.2 Å². The standard InChI is InChI=1S/C4H4BrF3/c5-3(6)1-2-4(7)8/h1-4H. The van der Waals surface area contributed by atoms with Crippen LogP contribution in [-0.4, -0.2) is 11.5 Å². The maximum atomic E-state index is 11.6. The maximum Gasteiger partial charge on any atom is 0.257 e. The summed E-state index contributed by atoms with van der Waals surface area (Å²) in [6, 6.07) is 0. The largest absolute Gasteiger partial charge is 0.257 e. The van der Waals surface area contributed by atoms with E-state index in [1.54, 1.807) is 0 Å². The Hall–Kier alpha value is 0.01000. The van der Waals surface area contributed by atoms with Crippen LogP contribution in [0.3, 0.4) is 0 Å². The summed E-state index contributed by atoms with van der Waals surface area (Å²) in [5.74, 6) is 0. The highest BCUT2D eigenvalue weighted by atomic mass is 79.9. The van der Waals surface area contributed by atoms with E-state index >= 15 is 0 Å². The summed E-state index contributed by atoms with van der Waals surface area (Å²) in [7, 11) is 0. The summed E-state index contributed by atoms with van der Waals surface area (Å²) in [5, 5.41) is -1.46. The lowest BCUT2D eigenvalue weighted by atomic mass is 10.5. The first-order valence-corrected chi connectivity index (χ1v) is 2.79. The minimum Gasteiger partial charge on any atom is -0.230 e. The van der Waals surface area contributed by atoms with Gasteiger partial charge in [-0.1, -0.05) is 0 Å². The van der Waals surface area contributed by atoms with Crippen LogP contribution in [0.15, 0.2) is 12.2 Å². The third-order valence-electron chi connectivity index (χ3n) is 0.402. The molecule has 0 radical (unpaired) electrons. The SMILES string of the molecule is FC(F)C=CC(F)Br. The van der Waals surface area contributed by atoms with Crippen molar-refractivity contribution in [1.29, 1.82) is 0 Å². The van der Waals surface area contributed by atoms with E-state index in [9.17, 15) is 13.2 Å². The van der Waals surface area contributed by atoms with E-state index in [4.69, 9.17) is 0 Å². The minimum absolute atomic E-state index is 0.486. The van der Waals surface area contributed by atoms with Crippen molar-refractivity contribution in [3.63, 3.8) is 0 Å². The van der Waals surface area contributed by atoms with E-state index in [0.717, 1.165) is 6.08 Å². The van der Waals surface area contributed by atoms with Crippen molar-refractivity contribution in [2.45, 2.75) is 11.5 Å². The molecule has 0 amide bonds. The monoisotopic (exact) mass is 188 g/mol. The van der Waals surface area contributed by atoms with E-state index in [0.29, 0.717) is 6.08 Å². The van der Waals surface area contributed by atoms with Crippen LogP contribution >= 0.6 is 15.9 Å². The molecular formula is C4H4BrF3. The van der Waals surface area contributed by atoms with Gasteiger partial charge in [0, 0.05) is 0 Å². The molecule has 0 aromatic carbocycles. The van der Waals surface area contributed by atoms with Gasteiger partial charge in [0.25, 0.3) is 6.43 Å². The fourth-order valence-corrected chi connectivity index (χ4v) is 0.344. The predicted molar refractivity (Wildman–Crippen MR) is 29.0 cm³/mol. The molecule has 0 saturated carbocycles. The lowest BCUT2D eigenvalue weighted by molar-refractivity contribution is 0.203. The predicted octanol–water partition coefficient (Wildman–Crippen LogP) is 2.50. The molecule has 0 bridgehead atoms. The molecule has 48 valence electrons. The Kier molecular flexibility index (Phi) is 3.95. The number of hydrogen-bond donors (Lipinski definition) is 0. The van der Waals surface area contributed by atoms with Crippen LogP contribution in [0, 0.1) is 0 Å². The summed E-state index contributed by atoms with van der Waals surface area (Å²) in [4.78, 5) is 0. The Morgan fingerprint density at radius 3 is 1.75 bits per heavy atom. The Balaban J connectivity index is 3.34. The normalized spacial score (nSPS) is 15.6. The highest BCUT2D eigenvalue weighted by molar-refractivity contribution is 9.09. The Bertz CT molecular complexity index is 69.4. The van der Waals surface area contributed by atoms with E-state index in [2.05, 4.69) is 15.9 Å². The second-order valence-electron chi connectivity index (χ2n) is 1.05. The Labute approximate surface area is 53.5 Å². The van der Waals surface area contributed by atoms with E-state index in [-0.39, 0.29) is 0 Å². The van der Waals surface area contributed by atoms with Crippen molar-refractivity contribution in [2.24, 2.45) is 0 Å². The van der Waals surface area contributed by atoms with Crippen molar-refractivity contribution in [3.8, 4) is 0 Å². The van der Waals surface area contributed by atoms with E-state index in [1.807, 2.05) is 0 Å². The van der Waals surface area contributed by atoms with Crippen LogP contribution in [-0.2, 0) is 0 Å². The summed E-state index contributed by atoms with van der Waals surface area (Å²) in [6.45, 7) is 0. The third kappa shape index (κ3) is 6.01. The molecule has 1 atom stereocenters. The van der Waals surface area contributed by atoms with Gasteiger partial charge in [-0.25, -0.2) is 13.2 Å². The highest BCUT2D eigenvalue weighted by Gasteiger charge is 1.95. The highest BCUT2D eigenvalue weighted by Crippen LogP contribution is 2.03. The van der Waals surface area contributed by atoms with E-state index in [1.165, 1.54) is 0 Å².